The minimum atomic E-state index is -1.07. The van der Waals surface area contributed by atoms with E-state index in [0.717, 1.165) is 44.8 Å². The lowest BCUT2D eigenvalue weighted by Crippen LogP contribution is -2.58. The fourth-order valence-corrected chi connectivity index (χ4v) is 17.0. The van der Waals surface area contributed by atoms with Crippen LogP contribution in [0.15, 0.2) is 133 Å². The fraction of sp³-hybridized carbons (Fsp3) is 0.417. The molecule has 0 amide bonds. The average molecular weight is 1610 g/mol. The van der Waals surface area contributed by atoms with Crippen molar-refractivity contribution in [3.8, 4) is 34.5 Å². The molecule has 4 heterocycles. The van der Waals surface area contributed by atoms with Crippen LogP contribution < -0.4 is 38.2 Å². The molecule has 2 unspecified atom stereocenters. The van der Waals surface area contributed by atoms with Crippen molar-refractivity contribution in [2.75, 3.05) is 63.5 Å². The van der Waals surface area contributed by atoms with E-state index < -0.39 is 117 Å². The molecule has 0 N–H and O–H groups in total. The molecule has 1 aliphatic carbocycles. The molecule has 22 heteroatoms. The Morgan fingerprint density at radius 2 is 0.669 bits per heavy atom. The third kappa shape index (κ3) is 16.2. The first kappa shape index (κ1) is 84.2. The number of esters is 4. The van der Waals surface area contributed by atoms with Crippen LogP contribution in [0.3, 0.4) is 0 Å². The highest BCUT2D eigenvalue weighted by Crippen LogP contribution is 2.58. The Kier molecular flexibility index (Phi) is 22.6. The normalized spacial score (nSPS) is 17.3. The summed E-state index contributed by atoms with van der Waals surface area (Å²) in [4.78, 5) is 86.0. The minimum Gasteiger partial charge on any atom is -0.481 e. The summed E-state index contributed by atoms with van der Waals surface area (Å²) in [5, 5.41) is 25.3. The first-order chi connectivity index (χ1) is 55.5. The molecule has 0 aromatic heterocycles. The van der Waals surface area contributed by atoms with Gasteiger partial charge in [0, 0.05) is 97.7 Å². The molecule has 0 fully saturated rings. The van der Waals surface area contributed by atoms with E-state index >= 15 is 0 Å². The van der Waals surface area contributed by atoms with Crippen molar-refractivity contribution in [2.24, 2.45) is 0 Å². The summed E-state index contributed by atoms with van der Waals surface area (Å²) >= 11 is 0. The third-order valence-electron chi connectivity index (χ3n) is 23.6. The number of nitro groups is 2. The molecular weight excluding hydrogens is 1500 g/mol. The van der Waals surface area contributed by atoms with E-state index in [1.54, 1.807) is 13.8 Å². The van der Waals surface area contributed by atoms with Crippen molar-refractivity contribution >= 4 is 58.8 Å². The highest BCUT2D eigenvalue weighted by Gasteiger charge is 2.59. The van der Waals surface area contributed by atoms with Gasteiger partial charge in [-0.05, 0) is 178 Å². The van der Waals surface area contributed by atoms with E-state index in [2.05, 4.69) is 181 Å². The maximum atomic E-state index is 14.9. The number of fused-ring (bicyclic) bond motifs is 12. The van der Waals surface area contributed by atoms with Crippen LogP contribution in [0.25, 0.3) is 12.2 Å². The molecule has 22 nitrogen and oxygen atoms in total. The van der Waals surface area contributed by atoms with Gasteiger partial charge in [0.1, 0.15) is 47.7 Å². The maximum absolute atomic E-state index is 14.9. The number of rotatable bonds is 20. The Labute approximate surface area is 691 Å². The number of nitrogens with zero attached hydrogens (tertiary/aromatic N) is 4. The van der Waals surface area contributed by atoms with E-state index in [1.807, 2.05) is 74.8 Å². The summed E-state index contributed by atoms with van der Waals surface area (Å²) in [5.41, 5.74) is 8.16. The van der Waals surface area contributed by atoms with Crippen LogP contribution in [0.2, 0.25) is 0 Å². The number of non-ortho nitro benzene ring substituents is 2. The van der Waals surface area contributed by atoms with Crippen molar-refractivity contribution < 1.29 is 76.4 Å². The van der Waals surface area contributed by atoms with Crippen LogP contribution in [0.4, 0.5) is 22.7 Å². The number of hydrogen-bond donors (Lipinski definition) is 0. The summed E-state index contributed by atoms with van der Waals surface area (Å²) in [5.74, 6) is -0.817. The molecule has 620 valence electrons. The number of benzene rings is 8. The molecule has 118 heavy (non-hydrogen) atoms. The summed E-state index contributed by atoms with van der Waals surface area (Å²) in [7, 11) is 3.89. The molecule has 2 spiro atoms. The van der Waals surface area contributed by atoms with Gasteiger partial charge in [-0.2, -0.15) is 0 Å². The Bertz CT molecular complexity index is 5000. The first-order valence-corrected chi connectivity index (χ1v) is 40.3. The summed E-state index contributed by atoms with van der Waals surface area (Å²) in [6, 6.07) is 38.2. The predicted molar refractivity (Wildman–Crippen MR) is 453 cm³/mol. The fourth-order valence-electron chi connectivity index (χ4n) is 17.0. The molecule has 8 aromatic carbocycles. The lowest BCUT2D eigenvalue weighted by atomic mass is 9.76. The molecule has 0 saturated carbocycles. The average Bonchev–Trinajstić information content (AvgIpc) is 1.58. The molecule has 2 atom stereocenters. The van der Waals surface area contributed by atoms with E-state index in [1.165, 1.54) is 24.3 Å². The zero-order chi connectivity index (χ0) is 85.3. The second-order valence-corrected chi connectivity index (χ2v) is 36.5. The lowest BCUT2D eigenvalue weighted by molar-refractivity contribution is -0.385. The van der Waals surface area contributed by atoms with Crippen molar-refractivity contribution in [1.82, 2.24) is 0 Å². The molecule has 5 aliphatic rings. The maximum Gasteiger partial charge on any atom is 0.344 e. The van der Waals surface area contributed by atoms with Gasteiger partial charge in [-0.25, -0.2) is 19.2 Å². The largest absolute Gasteiger partial charge is 0.481 e. The zero-order valence-electron chi connectivity index (χ0n) is 71.5. The van der Waals surface area contributed by atoms with Gasteiger partial charge in [-0.15, -0.1) is 0 Å². The van der Waals surface area contributed by atoms with Crippen LogP contribution in [-0.4, -0.2) is 98.9 Å². The molecular formula is C96H108N4O18. The molecule has 0 radical (unpaired) electrons. The molecule has 4 aliphatic heterocycles. The first-order valence-electron chi connectivity index (χ1n) is 40.3. The van der Waals surface area contributed by atoms with E-state index in [9.17, 15) is 39.4 Å². The van der Waals surface area contributed by atoms with Gasteiger partial charge in [-0.1, -0.05) is 168 Å². The van der Waals surface area contributed by atoms with Crippen LogP contribution in [0, 0.1) is 20.2 Å². The second-order valence-electron chi connectivity index (χ2n) is 36.5. The van der Waals surface area contributed by atoms with Crippen LogP contribution in [0.5, 0.6) is 34.5 Å². The molecule has 13 rings (SSSR count). The van der Waals surface area contributed by atoms with E-state index in [-0.39, 0.29) is 61.4 Å². The smallest absolute Gasteiger partial charge is 0.344 e. The monoisotopic (exact) mass is 1600 g/mol. The minimum absolute atomic E-state index is 0.0810. The Balaban J connectivity index is 0.943. The summed E-state index contributed by atoms with van der Waals surface area (Å²) in [6.07, 6.45) is 7.83. The Morgan fingerprint density at radius 1 is 0.407 bits per heavy atom. The van der Waals surface area contributed by atoms with Gasteiger partial charge in [0.15, 0.2) is 26.4 Å². The zero-order valence-corrected chi connectivity index (χ0v) is 71.5. The van der Waals surface area contributed by atoms with Crippen molar-refractivity contribution in [1.29, 1.82) is 0 Å². The molecule has 8 bridgehead atoms. The number of hydrogen-bond acceptors (Lipinski definition) is 20. The Hall–Kier alpha value is -11.7. The second kappa shape index (κ2) is 31.6. The van der Waals surface area contributed by atoms with Crippen LogP contribution >= 0.6 is 0 Å². The highest BCUT2D eigenvalue weighted by atomic mass is 16.6. The van der Waals surface area contributed by atoms with Gasteiger partial charge in [0.25, 0.3) is 11.4 Å². The molecule has 8 aromatic rings. The number of likely N-dealkylation sites (N-methyl/N-ethyl adjacent to an activating group) is 2. The number of carbonyl (C=O) groups excluding carboxylic acids is 4. The lowest BCUT2D eigenvalue weighted by Gasteiger charge is -2.46. The molecule has 0 saturated heterocycles. The third-order valence-corrected chi connectivity index (χ3v) is 23.6. The van der Waals surface area contributed by atoms with Gasteiger partial charge in [-0.3, -0.25) is 20.2 Å². The highest BCUT2D eigenvalue weighted by molar-refractivity contribution is 5.79. The quantitative estimate of drug-likeness (QED) is 0.0297. The number of ether oxygens (including phenoxy) is 10. The topological polar surface area (TPSA) is 253 Å². The number of para-hydroxylation sites is 2. The van der Waals surface area contributed by atoms with Crippen molar-refractivity contribution in [3.63, 3.8) is 0 Å². The SMILES string of the molecule is CCOC(=O)COc1c2cc(C(C)(C)C)cc1Cc1cc(C(C)(C)C)cc(c1OCC(=O)OCc1cc([N+](=O)[O-])cc3c1OC1(C=C3)N(C)c3ccccc3C1(C)C)Cc1cc(C(C)(C)C)cc(c1OCC(=O)OCC)Cc1cc(C(C)(C)C)cc(c1OCC(=O)OCc1cc([N+](=O)[O-])cc3c1OC1(C=C3)N(C)c3ccccc3C1(C)C)C2. The standard InChI is InChI=1S/C96H108N4O18/c1-21-109-79(101)53-113-83-59-35-63-43-71(91(9,10)11)45-65(85(63)115-55-81(103)111-51-67-49-73(99(105)106)47-57-31-33-95(117-87(57)67)93(15,16)75-27-23-25-29-77(75)97(95)19)37-61-41-70(90(6,7)8)42-62(84(61)114-54-80(102)110-22-2)38-66-46-72(92(12,13)14)44-64(36-60(83)40-69(39-59)89(3,4)5)86(66)116-56-82(104)112-52-68-50-74(100(107)108)48-58-32-34-96(118-88(58)68)94(17,18)76-28-24-26-30-78(76)98(96)20/h23-34,39-50H,21-22,35-38,51-56H2,1-20H3. The van der Waals surface area contributed by atoms with E-state index in [0.29, 0.717) is 90.1 Å². The summed E-state index contributed by atoms with van der Waals surface area (Å²) in [6.45, 7) is 34.1. The number of nitro benzene ring substituents is 2. The van der Waals surface area contributed by atoms with Gasteiger partial charge in [0.05, 0.1) is 33.9 Å². The van der Waals surface area contributed by atoms with Crippen molar-refractivity contribution in [3.05, 3.63) is 254 Å². The number of carbonyl (C=O) groups is 4. The predicted octanol–water partition coefficient (Wildman–Crippen LogP) is 18.6. The summed E-state index contributed by atoms with van der Waals surface area (Å²) < 4.78 is 65.6. The van der Waals surface area contributed by atoms with Gasteiger partial charge >= 0.3 is 23.9 Å². The van der Waals surface area contributed by atoms with E-state index in [4.69, 9.17) is 47.4 Å². The van der Waals surface area contributed by atoms with Gasteiger partial charge in [0.2, 0.25) is 11.4 Å². The Morgan fingerprint density at radius 3 is 0.915 bits per heavy atom. The van der Waals surface area contributed by atoms with Gasteiger partial charge < -0.3 is 57.2 Å². The van der Waals surface area contributed by atoms with Crippen LogP contribution in [-0.2, 0) is 110 Å². The van der Waals surface area contributed by atoms with Crippen LogP contribution in [0.1, 0.15) is 225 Å². The van der Waals surface area contributed by atoms with Crippen molar-refractivity contribution in [2.45, 2.75) is 207 Å². The number of anilines is 2.